The van der Waals surface area contributed by atoms with Crippen LogP contribution in [0.1, 0.15) is 5.56 Å². The van der Waals surface area contributed by atoms with Gasteiger partial charge in [0.2, 0.25) is 0 Å². The molecule has 0 spiro atoms. The van der Waals surface area contributed by atoms with Crippen molar-refractivity contribution >= 4 is 13.3 Å². The van der Waals surface area contributed by atoms with Gasteiger partial charge in [0.1, 0.15) is 0 Å². The minimum absolute atomic E-state index is 0.542. The van der Waals surface area contributed by atoms with Crippen LogP contribution in [0.25, 0.3) is 0 Å². The summed E-state index contributed by atoms with van der Waals surface area (Å²) in [6, 6.07) is 4.67. The third kappa shape index (κ3) is 2.95. The molecule has 0 saturated carbocycles. The molecule has 0 aromatic heterocycles. The Balaban J connectivity index is 2.69. The van der Waals surface area contributed by atoms with Gasteiger partial charge in [0.25, 0.3) is 0 Å². The number of benzene rings is 1. The van der Waals surface area contributed by atoms with Gasteiger partial charge in [0, 0.05) is 12.8 Å². The van der Waals surface area contributed by atoms with Gasteiger partial charge in [-0.1, -0.05) is 0 Å². The van der Waals surface area contributed by atoms with E-state index in [-0.39, 0.29) is 0 Å². The molecule has 0 aliphatic carbocycles. The molecule has 1 N–H and O–H groups in total. The summed E-state index contributed by atoms with van der Waals surface area (Å²) in [4.78, 5) is 0. The summed E-state index contributed by atoms with van der Waals surface area (Å²) < 4.78 is 40.9. The van der Waals surface area contributed by atoms with E-state index in [1.165, 1.54) is 26.9 Å². The quantitative estimate of drug-likeness (QED) is 0.759. The first kappa shape index (κ1) is 10.9. The van der Waals surface area contributed by atoms with Crippen molar-refractivity contribution < 1.29 is 17.8 Å². The Morgan fingerprint density at radius 2 is 1.79 bits per heavy atom. The molecule has 6 heteroatoms. The fraction of sp³-hybridized carbons (Fsp3) is 0.250. The van der Waals surface area contributed by atoms with Crippen molar-refractivity contribution in [1.82, 2.24) is 0 Å². The highest BCUT2D eigenvalue weighted by Crippen LogP contribution is 2.29. The van der Waals surface area contributed by atoms with Crippen LogP contribution in [-0.2, 0) is 10.8 Å². The molecule has 0 fully saturated rings. The summed E-state index contributed by atoms with van der Waals surface area (Å²) in [6.07, 6.45) is -4.29. The van der Waals surface area contributed by atoms with E-state index in [1.807, 2.05) is 0 Å². The van der Waals surface area contributed by atoms with Crippen LogP contribution in [0, 0.1) is 0 Å². The lowest BCUT2D eigenvalue weighted by Gasteiger charge is -2.07. The van der Waals surface area contributed by atoms with E-state index < -0.39 is 11.7 Å². The lowest BCUT2D eigenvalue weighted by molar-refractivity contribution is -0.137. The second-order valence-electron chi connectivity index (χ2n) is 2.57. The third-order valence-corrected chi connectivity index (χ3v) is 1.56. The molecule has 0 amide bonds. The van der Waals surface area contributed by atoms with Crippen molar-refractivity contribution in [3.8, 4) is 0 Å². The highest BCUT2D eigenvalue weighted by atomic mass is 19.4. The Kier molecular flexibility index (Phi) is 3.40. The highest BCUT2D eigenvalue weighted by Gasteiger charge is 2.29. The van der Waals surface area contributed by atoms with Gasteiger partial charge in [-0.05, 0) is 24.3 Å². The first-order valence-corrected chi connectivity index (χ1v) is 3.82. The van der Waals surface area contributed by atoms with Crippen LogP contribution < -0.4 is 5.23 Å². The van der Waals surface area contributed by atoms with Crippen LogP contribution in [-0.4, -0.2) is 14.7 Å². The van der Waals surface area contributed by atoms with Crippen molar-refractivity contribution in [2.75, 3.05) is 12.3 Å². The number of nitrogens with one attached hydrogen (secondary N) is 1. The highest BCUT2D eigenvalue weighted by molar-refractivity contribution is 6.32. The molecule has 1 aromatic carbocycles. The van der Waals surface area contributed by atoms with Gasteiger partial charge >= 0.3 is 13.8 Å². The molecule has 0 unspecified atom stereocenters. The summed E-state index contributed by atoms with van der Waals surface area (Å²) in [5.74, 6) is 0. The zero-order chi connectivity index (χ0) is 10.6. The monoisotopic (exact) mass is 202 g/mol. The molecule has 2 nitrogen and oxygen atoms in total. The second kappa shape index (κ2) is 4.37. The molecule has 0 bridgehead atoms. The average molecular weight is 202 g/mol. The van der Waals surface area contributed by atoms with Crippen LogP contribution in [0.3, 0.4) is 0 Å². The number of hydrogen-bond donors (Lipinski definition) is 1. The standard InChI is InChI=1S/C8H8BF3NO/c1-14-9-13-7-4-2-6(3-5-7)8(10,11)12/h2-5,13H,1H3. The van der Waals surface area contributed by atoms with Crippen molar-refractivity contribution in [1.29, 1.82) is 0 Å². The van der Waals surface area contributed by atoms with Crippen molar-refractivity contribution in [3.63, 3.8) is 0 Å². The van der Waals surface area contributed by atoms with E-state index >= 15 is 0 Å². The van der Waals surface area contributed by atoms with Crippen LogP contribution in [0.4, 0.5) is 18.9 Å². The van der Waals surface area contributed by atoms with Gasteiger partial charge in [-0.25, -0.2) is 0 Å². The normalized spacial score (nSPS) is 11.1. The fourth-order valence-electron chi connectivity index (χ4n) is 0.882. The molecule has 1 radical (unpaired) electrons. The molecular weight excluding hydrogens is 194 g/mol. The largest absolute Gasteiger partial charge is 0.435 e. The molecule has 0 aliphatic heterocycles. The summed E-state index contributed by atoms with van der Waals surface area (Å²) >= 11 is 0. The number of alkyl halides is 3. The minimum atomic E-state index is -4.29. The lowest BCUT2D eigenvalue weighted by atomic mass is 10.1. The lowest BCUT2D eigenvalue weighted by Crippen LogP contribution is -2.09. The maximum atomic E-state index is 12.1. The second-order valence-corrected chi connectivity index (χ2v) is 2.57. The molecule has 14 heavy (non-hydrogen) atoms. The molecule has 0 aliphatic rings. The van der Waals surface area contributed by atoms with Crippen molar-refractivity contribution in [2.24, 2.45) is 0 Å². The Labute approximate surface area is 80.4 Å². The van der Waals surface area contributed by atoms with Gasteiger partial charge < -0.3 is 9.88 Å². The predicted octanol–water partition coefficient (Wildman–Crippen LogP) is 2.30. The van der Waals surface area contributed by atoms with Crippen LogP contribution >= 0.6 is 0 Å². The molecule has 1 rings (SSSR count). The SMILES string of the molecule is CO[B]Nc1ccc(C(F)(F)F)cc1. The first-order valence-electron chi connectivity index (χ1n) is 3.82. The summed E-state index contributed by atoms with van der Waals surface area (Å²) in [7, 11) is 2.72. The number of halogens is 3. The smallest absolute Gasteiger partial charge is 0.422 e. The van der Waals surface area contributed by atoms with Gasteiger partial charge in [-0.2, -0.15) is 13.2 Å². The molecular formula is C8H8BF3NO. The molecule has 75 valence electrons. The van der Waals surface area contributed by atoms with Gasteiger partial charge in [0.05, 0.1) is 5.56 Å². The summed E-state index contributed by atoms with van der Waals surface area (Å²) in [6.45, 7) is 0. The third-order valence-electron chi connectivity index (χ3n) is 1.56. The van der Waals surface area contributed by atoms with Gasteiger partial charge in [-0.15, -0.1) is 0 Å². The maximum absolute atomic E-state index is 12.1. The van der Waals surface area contributed by atoms with Gasteiger partial charge in [0.15, 0.2) is 0 Å². The Bertz CT molecular complexity index is 286. The zero-order valence-corrected chi connectivity index (χ0v) is 7.43. The van der Waals surface area contributed by atoms with E-state index in [0.717, 1.165) is 12.1 Å². The number of anilines is 1. The zero-order valence-electron chi connectivity index (χ0n) is 7.43. The summed E-state index contributed by atoms with van der Waals surface area (Å²) in [5, 5.41) is 2.66. The molecule has 0 atom stereocenters. The van der Waals surface area contributed by atoms with Crippen LogP contribution in [0.5, 0.6) is 0 Å². The van der Waals surface area contributed by atoms with E-state index in [4.69, 9.17) is 0 Å². The first-order chi connectivity index (χ1) is 6.54. The maximum Gasteiger partial charge on any atom is 0.435 e. The van der Waals surface area contributed by atoms with E-state index in [2.05, 4.69) is 9.88 Å². The van der Waals surface area contributed by atoms with Gasteiger partial charge in [-0.3, -0.25) is 0 Å². The molecule has 0 heterocycles. The topological polar surface area (TPSA) is 21.3 Å². The fourth-order valence-corrected chi connectivity index (χ4v) is 0.882. The van der Waals surface area contributed by atoms with Crippen molar-refractivity contribution in [2.45, 2.75) is 6.18 Å². The minimum Gasteiger partial charge on any atom is -0.422 e. The van der Waals surface area contributed by atoms with E-state index in [9.17, 15) is 13.2 Å². The van der Waals surface area contributed by atoms with Crippen molar-refractivity contribution in [3.05, 3.63) is 29.8 Å². The Hall–Kier alpha value is -1.17. The molecule has 1 aromatic rings. The van der Waals surface area contributed by atoms with Crippen LogP contribution in [0.2, 0.25) is 0 Å². The van der Waals surface area contributed by atoms with E-state index in [1.54, 1.807) is 0 Å². The summed E-state index contributed by atoms with van der Waals surface area (Å²) in [5.41, 5.74) is -0.125. The number of hydrogen-bond acceptors (Lipinski definition) is 2. The average Bonchev–Trinajstić information content (AvgIpc) is 2.14. The Morgan fingerprint density at radius 1 is 1.21 bits per heavy atom. The van der Waals surface area contributed by atoms with Crippen LogP contribution in [0.15, 0.2) is 24.3 Å². The Morgan fingerprint density at radius 3 is 2.21 bits per heavy atom. The molecule has 0 saturated heterocycles. The number of rotatable bonds is 3. The van der Waals surface area contributed by atoms with E-state index in [0.29, 0.717) is 5.69 Å². The predicted molar refractivity (Wildman–Crippen MR) is 47.8 cm³/mol.